The van der Waals surface area contributed by atoms with E-state index in [1.54, 1.807) is 18.5 Å². The van der Waals surface area contributed by atoms with Crippen molar-refractivity contribution in [3.8, 4) is 0 Å². The summed E-state index contributed by atoms with van der Waals surface area (Å²) in [5.74, 6) is -0.0895. The van der Waals surface area contributed by atoms with Crippen LogP contribution in [0.25, 0.3) is 0 Å². The molecule has 3 aliphatic heterocycles. The summed E-state index contributed by atoms with van der Waals surface area (Å²) in [7, 11) is 0. The van der Waals surface area contributed by atoms with Gasteiger partial charge in [-0.25, -0.2) is 9.37 Å². The van der Waals surface area contributed by atoms with Crippen LogP contribution < -0.4 is 0 Å². The van der Waals surface area contributed by atoms with Gasteiger partial charge in [-0.15, -0.1) is 0 Å². The van der Waals surface area contributed by atoms with Gasteiger partial charge in [0, 0.05) is 32.1 Å². The van der Waals surface area contributed by atoms with E-state index < -0.39 is 0 Å². The summed E-state index contributed by atoms with van der Waals surface area (Å²) < 4.78 is 21.1. The largest absolute Gasteiger partial charge is 0.365 e. The second-order valence-corrected chi connectivity index (χ2v) is 8.64. The minimum atomic E-state index is -0.276. The van der Waals surface area contributed by atoms with Crippen molar-refractivity contribution in [1.29, 1.82) is 0 Å². The first-order valence-corrected chi connectivity index (χ1v) is 11.1. The van der Waals surface area contributed by atoms with Crippen molar-refractivity contribution in [2.75, 3.05) is 26.2 Å². The average molecular weight is 426 g/mol. The molecule has 2 aromatic rings. The van der Waals surface area contributed by atoms with Crippen LogP contribution in [0.2, 0.25) is 0 Å². The molecule has 0 unspecified atom stereocenters. The maximum Gasteiger partial charge on any atom is 0.274 e. The van der Waals surface area contributed by atoms with E-state index in [1.165, 1.54) is 12.1 Å². The Bertz CT molecular complexity index is 960. The highest BCUT2D eigenvalue weighted by molar-refractivity contribution is 5.93. The average Bonchev–Trinajstić information content (AvgIpc) is 3.49. The quantitative estimate of drug-likeness (QED) is 0.757. The lowest BCUT2D eigenvalue weighted by Gasteiger charge is -2.33. The molecule has 4 heterocycles. The van der Waals surface area contributed by atoms with Crippen LogP contribution in [0.5, 0.6) is 0 Å². The molecule has 8 heteroatoms. The van der Waals surface area contributed by atoms with Gasteiger partial charge in [-0.3, -0.25) is 9.59 Å². The van der Waals surface area contributed by atoms with Gasteiger partial charge in [0.25, 0.3) is 5.91 Å². The van der Waals surface area contributed by atoms with Crippen LogP contribution in [-0.4, -0.2) is 57.3 Å². The monoisotopic (exact) mass is 426 g/mol. The fraction of sp³-hybridized carbons (Fsp3) is 0.522. The fourth-order valence-corrected chi connectivity index (χ4v) is 4.86. The molecule has 0 aliphatic carbocycles. The Morgan fingerprint density at radius 1 is 1.00 bits per heavy atom. The molecule has 0 saturated carbocycles. The predicted molar refractivity (Wildman–Crippen MR) is 111 cm³/mol. The molecule has 7 nitrogen and oxygen atoms in total. The Hall–Kier alpha value is -2.74. The van der Waals surface area contributed by atoms with Crippen LogP contribution in [-0.2, 0) is 22.7 Å². The number of nitrogens with zero attached hydrogens (tertiary/aromatic N) is 4. The lowest BCUT2D eigenvalue weighted by Crippen LogP contribution is -2.44. The minimum absolute atomic E-state index is 0.0258. The lowest BCUT2D eigenvalue weighted by atomic mass is 9.95. The SMILES string of the molecule is O=C(c1ncn2c1CO[C@H](c1ccc(F)cc1)C2)N1CCC(C(=O)N2CCCC2)CC1. The number of carbonyl (C=O) groups is 2. The molecule has 1 atom stereocenters. The van der Waals surface area contributed by atoms with Crippen molar-refractivity contribution >= 4 is 11.8 Å². The third kappa shape index (κ3) is 3.96. The number of rotatable bonds is 3. The number of fused-ring (bicyclic) bond motifs is 1. The predicted octanol–water partition coefficient (Wildman–Crippen LogP) is 2.77. The molecule has 5 rings (SSSR count). The van der Waals surface area contributed by atoms with Gasteiger partial charge in [0.15, 0.2) is 5.69 Å². The highest BCUT2D eigenvalue weighted by Crippen LogP contribution is 2.29. The van der Waals surface area contributed by atoms with Gasteiger partial charge in [0.1, 0.15) is 11.9 Å². The number of halogens is 1. The van der Waals surface area contributed by atoms with Gasteiger partial charge in [0.05, 0.1) is 25.2 Å². The summed E-state index contributed by atoms with van der Waals surface area (Å²) >= 11 is 0. The van der Waals surface area contributed by atoms with Gasteiger partial charge < -0.3 is 19.1 Å². The summed E-state index contributed by atoms with van der Waals surface area (Å²) in [5, 5.41) is 0. The summed E-state index contributed by atoms with van der Waals surface area (Å²) in [4.78, 5) is 33.9. The van der Waals surface area contributed by atoms with E-state index >= 15 is 0 Å². The minimum Gasteiger partial charge on any atom is -0.365 e. The van der Waals surface area contributed by atoms with E-state index in [1.807, 2.05) is 14.4 Å². The number of hydrogen-bond acceptors (Lipinski definition) is 4. The highest BCUT2D eigenvalue weighted by Gasteiger charge is 2.34. The molecule has 1 aromatic heterocycles. The van der Waals surface area contributed by atoms with E-state index in [-0.39, 0.29) is 36.3 Å². The van der Waals surface area contributed by atoms with Crippen molar-refractivity contribution in [1.82, 2.24) is 19.4 Å². The molecular formula is C23H27FN4O3. The van der Waals surface area contributed by atoms with Crippen molar-refractivity contribution in [2.24, 2.45) is 5.92 Å². The van der Waals surface area contributed by atoms with Crippen LogP contribution in [0.3, 0.4) is 0 Å². The number of amides is 2. The van der Waals surface area contributed by atoms with Crippen LogP contribution >= 0.6 is 0 Å². The number of aromatic nitrogens is 2. The van der Waals surface area contributed by atoms with E-state index in [0.29, 0.717) is 38.2 Å². The zero-order valence-electron chi connectivity index (χ0n) is 17.5. The number of ether oxygens (including phenoxy) is 1. The number of piperidine rings is 1. The maximum atomic E-state index is 13.2. The first-order valence-electron chi connectivity index (χ1n) is 11.1. The Labute approximate surface area is 180 Å². The zero-order chi connectivity index (χ0) is 21.4. The third-order valence-corrected chi connectivity index (χ3v) is 6.72. The van der Waals surface area contributed by atoms with Gasteiger partial charge in [-0.1, -0.05) is 12.1 Å². The van der Waals surface area contributed by atoms with Gasteiger partial charge in [-0.05, 0) is 43.4 Å². The molecule has 0 spiro atoms. The standard InChI is InChI=1S/C23H27FN4O3/c24-18-5-3-16(4-6-18)20-13-28-15-25-21(19(28)14-31-20)23(30)27-11-7-17(8-12-27)22(29)26-9-1-2-10-26/h3-6,15,17,20H,1-2,7-14H2/t20-/m0/s1. The Balaban J connectivity index is 1.22. The normalized spacial score (nSPS) is 21.9. The molecule has 2 fully saturated rings. The number of carbonyl (C=O) groups excluding carboxylic acids is 2. The second-order valence-electron chi connectivity index (χ2n) is 8.64. The highest BCUT2D eigenvalue weighted by atomic mass is 19.1. The molecule has 164 valence electrons. The number of hydrogen-bond donors (Lipinski definition) is 0. The summed E-state index contributed by atoms with van der Waals surface area (Å²) in [6.07, 6.45) is 5.10. The molecule has 0 bridgehead atoms. The molecular weight excluding hydrogens is 399 g/mol. The van der Waals surface area contributed by atoms with Crippen molar-refractivity contribution < 1.29 is 18.7 Å². The van der Waals surface area contributed by atoms with E-state index in [2.05, 4.69) is 4.98 Å². The van der Waals surface area contributed by atoms with Crippen LogP contribution in [0, 0.1) is 11.7 Å². The van der Waals surface area contributed by atoms with Crippen LogP contribution in [0.15, 0.2) is 30.6 Å². The molecule has 0 radical (unpaired) electrons. The van der Waals surface area contributed by atoms with Crippen molar-refractivity contribution in [2.45, 2.75) is 44.9 Å². The Kier molecular flexibility index (Phi) is 5.48. The van der Waals surface area contributed by atoms with Gasteiger partial charge >= 0.3 is 0 Å². The molecule has 0 N–H and O–H groups in total. The summed E-state index contributed by atoms with van der Waals surface area (Å²) in [6, 6.07) is 6.30. The Morgan fingerprint density at radius 3 is 2.42 bits per heavy atom. The summed E-state index contributed by atoms with van der Waals surface area (Å²) in [6.45, 7) is 3.72. The van der Waals surface area contributed by atoms with E-state index in [9.17, 15) is 14.0 Å². The maximum absolute atomic E-state index is 13.2. The van der Waals surface area contributed by atoms with Crippen molar-refractivity contribution in [3.63, 3.8) is 0 Å². The first-order chi connectivity index (χ1) is 15.1. The molecule has 2 saturated heterocycles. The van der Waals surface area contributed by atoms with Crippen LogP contribution in [0.1, 0.15) is 53.5 Å². The number of benzene rings is 1. The van der Waals surface area contributed by atoms with E-state index in [4.69, 9.17) is 4.74 Å². The first kappa shape index (κ1) is 20.2. The van der Waals surface area contributed by atoms with Crippen LogP contribution in [0.4, 0.5) is 4.39 Å². The Morgan fingerprint density at radius 2 is 1.71 bits per heavy atom. The number of imidazole rings is 1. The second kappa shape index (κ2) is 8.42. The molecule has 2 amide bonds. The zero-order valence-corrected chi connectivity index (χ0v) is 17.5. The van der Waals surface area contributed by atoms with Gasteiger partial charge in [-0.2, -0.15) is 0 Å². The topological polar surface area (TPSA) is 67.7 Å². The smallest absolute Gasteiger partial charge is 0.274 e. The molecule has 3 aliphatic rings. The van der Waals surface area contributed by atoms with Crippen molar-refractivity contribution in [3.05, 3.63) is 53.4 Å². The summed E-state index contributed by atoms with van der Waals surface area (Å²) in [5.41, 5.74) is 2.11. The molecule has 1 aromatic carbocycles. The van der Waals surface area contributed by atoms with Gasteiger partial charge in [0.2, 0.25) is 5.91 Å². The van der Waals surface area contributed by atoms with E-state index in [0.717, 1.165) is 37.2 Å². The number of likely N-dealkylation sites (tertiary alicyclic amines) is 2. The lowest BCUT2D eigenvalue weighted by molar-refractivity contribution is -0.135. The fourth-order valence-electron chi connectivity index (χ4n) is 4.86. The third-order valence-electron chi connectivity index (χ3n) is 6.72. The molecule has 31 heavy (non-hydrogen) atoms.